The zero-order valence-corrected chi connectivity index (χ0v) is 10.0. The summed E-state index contributed by atoms with van der Waals surface area (Å²) in [6, 6.07) is 14.5. The number of anilines is 1. The Morgan fingerprint density at radius 1 is 1.05 bits per heavy atom. The predicted octanol–water partition coefficient (Wildman–Crippen LogP) is 2.46. The van der Waals surface area contributed by atoms with Gasteiger partial charge in [-0.25, -0.2) is 24.6 Å². The standard InChI is InChI=1S/C14H11FN4/c15-10-5-1-3-7-12(10)19-16-9-14-17-11-6-2-4-8-13(11)18(14)19/h1-8,16H,9H2. The van der Waals surface area contributed by atoms with Crippen LogP contribution in [-0.2, 0) is 6.54 Å². The fourth-order valence-electron chi connectivity index (χ4n) is 2.43. The molecule has 0 saturated heterocycles. The predicted molar refractivity (Wildman–Crippen MR) is 70.8 cm³/mol. The monoisotopic (exact) mass is 254 g/mol. The molecular formula is C14H11FN4. The second kappa shape index (κ2) is 3.80. The summed E-state index contributed by atoms with van der Waals surface area (Å²) >= 11 is 0. The Morgan fingerprint density at radius 2 is 1.84 bits per heavy atom. The molecule has 0 amide bonds. The molecule has 4 nitrogen and oxygen atoms in total. The molecule has 2 aromatic carbocycles. The van der Waals surface area contributed by atoms with E-state index < -0.39 is 0 Å². The van der Waals surface area contributed by atoms with Gasteiger partial charge in [-0.2, -0.15) is 0 Å². The van der Waals surface area contributed by atoms with E-state index in [9.17, 15) is 4.39 Å². The Balaban J connectivity index is 1.94. The SMILES string of the molecule is Fc1ccccc1N1NCc2nc3ccccc3n21. The van der Waals surface area contributed by atoms with E-state index in [2.05, 4.69) is 10.4 Å². The maximum Gasteiger partial charge on any atom is 0.150 e. The summed E-state index contributed by atoms with van der Waals surface area (Å²) in [6.07, 6.45) is 0. The van der Waals surface area contributed by atoms with E-state index >= 15 is 0 Å². The van der Waals surface area contributed by atoms with Crippen molar-refractivity contribution in [1.29, 1.82) is 0 Å². The Morgan fingerprint density at radius 3 is 2.74 bits per heavy atom. The lowest BCUT2D eigenvalue weighted by Crippen LogP contribution is -2.35. The first kappa shape index (κ1) is 10.5. The van der Waals surface area contributed by atoms with E-state index in [1.807, 2.05) is 35.0 Å². The highest BCUT2D eigenvalue weighted by molar-refractivity contribution is 5.77. The number of imidazole rings is 1. The lowest BCUT2D eigenvalue weighted by atomic mass is 10.3. The van der Waals surface area contributed by atoms with Gasteiger partial charge in [0.2, 0.25) is 0 Å². The number of benzene rings is 2. The lowest BCUT2D eigenvalue weighted by molar-refractivity contribution is 0.591. The lowest BCUT2D eigenvalue weighted by Gasteiger charge is -2.21. The number of fused-ring (bicyclic) bond motifs is 3. The number of hydrogen-bond donors (Lipinski definition) is 1. The highest BCUT2D eigenvalue weighted by atomic mass is 19.1. The molecule has 0 radical (unpaired) electrons. The average Bonchev–Trinajstić information content (AvgIpc) is 2.98. The molecule has 4 rings (SSSR count). The van der Waals surface area contributed by atoms with Gasteiger partial charge < -0.3 is 0 Å². The first-order valence-corrected chi connectivity index (χ1v) is 6.09. The first-order chi connectivity index (χ1) is 9.34. The quantitative estimate of drug-likeness (QED) is 0.724. The minimum absolute atomic E-state index is 0.263. The number of rotatable bonds is 1. The summed E-state index contributed by atoms with van der Waals surface area (Å²) < 4.78 is 15.8. The van der Waals surface area contributed by atoms with Gasteiger partial charge in [-0.05, 0) is 24.3 Å². The third-order valence-corrected chi connectivity index (χ3v) is 3.27. The molecule has 3 aromatic rings. The number of aromatic nitrogens is 2. The van der Waals surface area contributed by atoms with Crippen molar-refractivity contribution in [1.82, 2.24) is 15.1 Å². The van der Waals surface area contributed by atoms with Gasteiger partial charge in [0.15, 0.2) is 0 Å². The molecule has 0 atom stereocenters. The Labute approximate surface area is 109 Å². The minimum Gasteiger partial charge on any atom is -0.230 e. The van der Waals surface area contributed by atoms with E-state index in [1.165, 1.54) is 6.07 Å². The number of hydrogen-bond acceptors (Lipinski definition) is 3. The van der Waals surface area contributed by atoms with Crippen LogP contribution in [0.1, 0.15) is 5.82 Å². The molecule has 0 spiro atoms. The number of nitrogens with zero attached hydrogens (tertiary/aromatic N) is 3. The minimum atomic E-state index is -0.263. The smallest absolute Gasteiger partial charge is 0.150 e. The van der Waals surface area contributed by atoms with Crippen molar-refractivity contribution >= 4 is 16.7 Å². The van der Waals surface area contributed by atoms with Crippen molar-refractivity contribution in [2.75, 3.05) is 5.12 Å². The van der Waals surface area contributed by atoms with Crippen molar-refractivity contribution in [2.45, 2.75) is 6.54 Å². The van der Waals surface area contributed by atoms with Gasteiger partial charge in [-0.15, -0.1) is 0 Å². The molecule has 1 aliphatic rings. The van der Waals surface area contributed by atoms with Gasteiger partial charge in [-0.3, -0.25) is 0 Å². The van der Waals surface area contributed by atoms with Crippen molar-refractivity contribution in [3.63, 3.8) is 0 Å². The number of para-hydroxylation sites is 3. The van der Waals surface area contributed by atoms with E-state index in [0.717, 1.165) is 16.9 Å². The Hall–Kier alpha value is -2.40. The molecule has 5 heteroatoms. The van der Waals surface area contributed by atoms with Crippen LogP contribution in [0.4, 0.5) is 10.1 Å². The molecule has 1 aromatic heterocycles. The van der Waals surface area contributed by atoms with Crippen LogP contribution in [0.15, 0.2) is 48.5 Å². The molecule has 94 valence electrons. The van der Waals surface area contributed by atoms with E-state index in [4.69, 9.17) is 0 Å². The van der Waals surface area contributed by atoms with Crippen molar-refractivity contribution < 1.29 is 4.39 Å². The molecule has 0 aliphatic carbocycles. The zero-order valence-electron chi connectivity index (χ0n) is 10.0. The summed E-state index contributed by atoms with van der Waals surface area (Å²) in [4.78, 5) is 4.54. The third kappa shape index (κ3) is 1.45. The zero-order chi connectivity index (χ0) is 12.8. The van der Waals surface area contributed by atoms with Crippen LogP contribution in [0, 0.1) is 5.82 Å². The van der Waals surface area contributed by atoms with Gasteiger partial charge in [0, 0.05) is 0 Å². The molecule has 0 fully saturated rings. The largest absolute Gasteiger partial charge is 0.230 e. The van der Waals surface area contributed by atoms with Crippen molar-refractivity contribution in [3.05, 3.63) is 60.2 Å². The molecule has 0 saturated carbocycles. The Kier molecular flexibility index (Phi) is 2.10. The second-order valence-electron chi connectivity index (χ2n) is 4.43. The number of hydrazine groups is 1. The second-order valence-corrected chi connectivity index (χ2v) is 4.43. The van der Waals surface area contributed by atoms with Crippen LogP contribution >= 0.6 is 0 Å². The summed E-state index contributed by atoms with van der Waals surface area (Å²) in [7, 11) is 0. The van der Waals surface area contributed by atoms with Crippen LogP contribution in [0.3, 0.4) is 0 Å². The van der Waals surface area contributed by atoms with Crippen LogP contribution in [0.5, 0.6) is 0 Å². The van der Waals surface area contributed by atoms with Crippen LogP contribution < -0.4 is 10.5 Å². The van der Waals surface area contributed by atoms with Crippen LogP contribution in [0.2, 0.25) is 0 Å². The number of nitrogens with one attached hydrogen (secondary N) is 1. The maximum atomic E-state index is 13.9. The van der Waals surface area contributed by atoms with Gasteiger partial charge in [0.1, 0.15) is 17.3 Å². The van der Waals surface area contributed by atoms with Gasteiger partial charge in [0.05, 0.1) is 17.6 Å². The fourth-order valence-corrected chi connectivity index (χ4v) is 2.43. The summed E-state index contributed by atoms with van der Waals surface area (Å²) in [5.74, 6) is 0.616. The summed E-state index contributed by atoms with van der Waals surface area (Å²) in [6.45, 7) is 0.586. The van der Waals surface area contributed by atoms with Crippen LogP contribution in [0.25, 0.3) is 11.0 Å². The van der Waals surface area contributed by atoms with E-state index in [0.29, 0.717) is 12.2 Å². The van der Waals surface area contributed by atoms with Gasteiger partial charge in [-0.1, -0.05) is 24.3 Å². The summed E-state index contributed by atoms with van der Waals surface area (Å²) in [5, 5.41) is 1.71. The molecule has 19 heavy (non-hydrogen) atoms. The van der Waals surface area contributed by atoms with E-state index in [-0.39, 0.29) is 5.82 Å². The highest BCUT2D eigenvalue weighted by Crippen LogP contribution is 2.26. The normalized spacial score (nSPS) is 14.1. The highest BCUT2D eigenvalue weighted by Gasteiger charge is 2.25. The van der Waals surface area contributed by atoms with Crippen molar-refractivity contribution in [2.24, 2.45) is 0 Å². The molecule has 0 unspecified atom stereocenters. The van der Waals surface area contributed by atoms with Gasteiger partial charge >= 0.3 is 0 Å². The van der Waals surface area contributed by atoms with Gasteiger partial charge in [0.25, 0.3) is 0 Å². The average molecular weight is 254 g/mol. The number of halogens is 1. The summed E-state index contributed by atoms with van der Waals surface area (Å²) in [5.41, 5.74) is 5.52. The molecule has 1 N–H and O–H groups in total. The molecule has 1 aliphatic heterocycles. The molecule has 0 bridgehead atoms. The fraction of sp³-hybridized carbons (Fsp3) is 0.0714. The van der Waals surface area contributed by atoms with Crippen LogP contribution in [-0.4, -0.2) is 9.66 Å². The maximum absolute atomic E-state index is 13.9. The van der Waals surface area contributed by atoms with E-state index in [1.54, 1.807) is 17.3 Å². The Bertz CT molecular complexity index is 765. The van der Waals surface area contributed by atoms with Crippen molar-refractivity contribution in [3.8, 4) is 0 Å². The topological polar surface area (TPSA) is 33.1 Å². The third-order valence-electron chi connectivity index (χ3n) is 3.27. The molecular weight excluding hydrogens is 243 g/mol. The molecule has 2 heterocycles. The first-order valence-electron chi connectivity index (χ1n) is 6.09.